The number of rotatable bonds is 7. The van der Waals surface area contributed by atoms with E-state index in [1.54, 1.807) is 25.3 Å². The molecule has 4 rings (SSSR count). The van der Waals surface area contributed by atoms with Crippen molar-refractivity contribution in [3.8, 4) is 5.00 Å². The first-order valence-electron chi connectivity index (χ1n) is 11.0. The predicted octanol–water partition coefficient (Wildman–Crippen LogP) is 5.93. The molecule has 0 radical (unpaired) electrons. The van der Waals surface area contributed by atoms with Crippen LogP contribution in [-0.2, 0) is 22.4 Å². The van der Waals surface area contributed by atoms with Crippen molar-refractivity contribution in [3.05, 3.63) is 50.6 Å². The second kappa shape index (κ2) is 10.4. The summed E-state index contributed by atoms with van der Waals surface area (Å²) in [6.07, 6.45) is 3.41. The van der Waals surface area contributed by atoms with Gasteiger partial charge in [0.25, 0.3) is 5.91 Å². The van der Waals surface area contributed by atoms with Gasteiger partial charge in [-0.1, -0.05) is 11.8 Å². The first-order chi connectivity index (χ1) is 16.6. The minimum absolute atomic E-state index is 0.173. The molecule has 12 heteroatoms. The molecule has 0 aliphatic heterocycles. The van der Waals surface area contributed by atoms with Crippen LogP contribution in [0.25, 0.3) is 5.00 Å². The van der Waals surface area contributed by atoms with Crippen LogP contribution in [0.3, 0.4) is 0 Å². The molecule has 3 aromatic rings. The SMILES string of the molecule is CCOC(=O)C(C)(C)Sc1nnc(Br)n1-c1sc(C(=O)Nc2ccc(F)c(F)c2)c2c1CCCC2. The maximum Gasteiger partial charge on any atom is 0.322 e. The largest absolute Gasteiger partial charge is 0.465 e. The lowest BCUT2D eigenvalue weighted by atomic mass is 9.93. The van der Waals surface area contributed by atoms with Crippen LogP contribution in [0.15, 0.2) is 28.1 Å². The third-order valence-corrected chi connectivity index (χ3v) is 8.39. The average Bonchev–Trinajstić information content (AvgIpc) is 3.36. The highest BCUT2D eigenvalue weighted by Gasteiger charge is 2.35. The van der Waals surface area contributed by atoms with Gasteiger partial charge in [0, 0.05) is 11.8 Å². The number of anilines is 1. The van der Waals surface area contributed by atoms with Crippen molar-refractivity contribution in [2.75, 3.05) is 11.9 Å². The van der Waals surface area contributed by atoms with E-state index < -0.39 is 22.3 Å². The van der Waals surface area contributed by atoms with E-state index in [0.717, 1.165) is 53.9 Å². The Morgan fingerprint density at radius 3 is 2.60 bits per heavy atom. The van der Waals surface area contributed by atoms with Crippen LogP contribution < -0.4 is 5.32 Å². The number of ether oxygens (including phenoxy) is 1. The molecule has 0 atom stereocenters. The van der Waals surface area contributed by atoms with E-state index in [1.807, 2.05) is 0 Å². The molecule has 1 aliphatic carbocycles. The lowest BCUT2D eigenvalue weighted by Gasteiger charge is -2.21. The second-order valence-electron chi connectivity index (χ2n) is 8.40. The first-order valence-corrected chi connectivity index (χ1v) is 13.4. The van der Waals surface area contributed by atoms with Crippen LogP contribution in [-0.4, -0.2) is 38.0 Å². The fourth-order valence-electron chi connectivity index (χ4n) is 3.80. The third kappa shape index (κ3) is 5.29. The lowest BCUT2D eigenvalue weighted by molar-refractivity contribution is -0.145. The summed E-state index contributed by atoms with van der Waals surface area (Å²) < 4.78 is 33.5. The fraction of sp³-hybridized carbons (Fsp3) is 0.391. The number of amides is 1. The summed E-state index contributed by atoms with van der Waals surface area (Å²) in [6, 6.07) is 3.25. The van der Waals surface area contributed by atoms with Crippen molar-refractivity contribution in [1.82, 2.24) is 14.8 Å². The fourth-order valence-corrected chi connectivity index (χ4v) is 6.77. The smallest absolute Gasteiger partial charge is 0.322 e. The number of thioether (sulfide) groups is 1. The number of nitrogens with one attached hydrogen (secondary N) is 1. The Bertz CT molecular complexity index is 1290. The number of fused-ring (bicyclic) bond motifs is 1. The number of esters is 1. The molecule has 7 nitrogen and oxygen atoms in total. The summed E-state index contributed by atoms with van der Waals surface area (Å²) in [5.41, 5.74) is 2.12. The molecule has 1 aliphatic rings. The normalized spacial score (nSPS) is 13.4. The molecular weight excluding hydrogens is 562 g/mol. The summed E-state index contributed by atoms with van der Waals surface area (Å²) in [5.74, 6) is -2.77. The first kappa shape index (κ1) is 25.8. The number of carbonyl (C=O) groups is 2. The maximum absolute atomic E-state index is 13.6. The van der Waals surface area contributed by atoms with Crippen molar-refractivity contribution in [1.29, 1.82) is 0 Å². The van der Waals surface area contributed by atoms with Crippen LogP contribution in [0.1, 0.15) is 54.4 Å². The van der Waals surface area contributed by atoms with E-state index >= 15 is 0 Å². The Morgan fingerprint density at radius 2 is 1.91 bits per heavy atom. The molecule has 0 unspecified atom stereocenters. The Kier molecular flexibility index (Phi) is 7.62. The summed E-state index contributed by atoms with van der Waals surface area (Å²) in [6.45, 7) is 5.54. The van der Waals surface area contributed by atoms with E-state index in [4.69, 9.17) is 4.74 Å². The van der Waals surface area contributed by atoms with Crippen molar-refractivity contribution in [2.45, 2.75) is 56.4 Å². The van der Waals surface area contributed by atoms with Gasteiger partial charge in [-0.2, -0.15) is 0 Å². The van der Waals surface area contributed by atoms with Crippen LogP contribution >= 0.6 is 39.0 Å². The summed E-state index contributed by atoms with van der Waals surface area (Å²) >= 11 is 5.97. The van der Waals surface area contributed by atoms with Gasteiger partial charge < -0.3 is 10.1 Å². The standard InChI is InChI=1S/C23H23BrF2N4O3S2/c1-4-33-20(32)23(2,3)35-22-29-28-21(24)30(22)19-14-8-6-5-7-13(14)17(34-19)18(31)27-12-9-10-15(25)16(26)11-12/h9-11H,4-8H2,1-3H3,(H,27,31). The molecule has 1 N–H and O–H groups in total. The average molecular weight is 585 g/mol. The molecule has 0 fully saturated rings. The Labute approximate surface area is 217 Å². The molecule has 2 aromatic heterocycles. The van der Waals surface area contributed by atoms with E-state index in [2.05, 4.69) is 31.4 Å². The highest BCUT2D eigenvalue weighted by molar-refractivity contribution is 9.10. The number of hydrogen-bond acceptors (Lipinski definition) is 7. The minimum Gasteiger partial charge on any atom is -0.465 e. The van der Waals surface area contributed by atoms with E-state index in [9.17, 15) is 18.4 Å². The van der Waals surface area contributed by atoms with Gasteiger partial charge in [0.1, 0.15) is 9.75 Å². The molecule has 1 aromatic carbocycles. The molecule has 0 saturated heterocycles. The molecular formula is C23H23BrF2N4O3S2. The zero-order chi connectivity index (χ0) is 25.3. The van der Waals surface area contributed by atoms with Gasteiger partial charge >= 0.3 is 5.97 Å². The summed E-state index contributed by atoms with van der Waals surface area (Å²) in [4.78, 5) is 26.1. The second-order valence-corrected chi connectivity index (χ2v) is 11.7. The molecule has 186 valence electrons. The Hall–Kier alpha value is -2.31. The topological polar surface area (TPSA) is 86.1 Å². The van der Waals surface area contributed by atoms with Crippen molar-refractivity contribution >= 4 is 56.6 Å². The van der Waals surface area contributed by atoms with Gasteiger partial charge in [-0.05, 0) is 85.6 Å². The van der Waals surface area contributed by atoms with E-state index in [0.29, 0.717) is 14.8 Å². The number of halogens is 3. The number of nitrogens with zero attached hydrogens (tertiary/aromatic N) is 3. The summed E-state index contributed by atoms with van der Waals surface area (Å²) in [5, 5.41) is 12.4. The molecule has 35 heavy (non-hydrogen) atoms. The lowest BCUT2D eigenvalue weighted by Crippen LogP contribution is -2.30. The molecule has 0 bridgehead atoms. The van der Waals surface area contributed by atoms with Gasteiger partial charge in [-0.25, -0.2) is 8.78 Å². The van der Waals surface area contributed by atoms with Crippen LogP contribution in [0.4, 0.5) is 14.5 Å². The van der Waals surface area contributed by atoms with Gasteiger partial charge in [-0.3, -0.25) is 14.2 Å². The quantitative estimate of drug-likeness (QED) is 0.273. The van der Waals surface area contributed by atoms with Gasteiger partial charge in [0.15, 0.2) is 16.8 Å². The molecule has 0 saturated carbocycles. The van der Waals surface area contributed by atoms with Crippen LogP contribution in [0.2, 0.25) is 0 Å². The maximum atomic E-state index is 13.6. The number of benzene rings is 1. The molecule has 1 amide bonds. The van der Waals surface area contributed by atoms with Gasteiger partial charge in [0.2, 0.25) is 4.73 Å². The number of hydrogen-bond donors (Lipinski definition) is 1. The summed E-state index contributed by atoms with van der Waals surface area (Å²) in [7, 11) is 0. The van der Waals surface area contributed by atoms with Gasteiger partial charge in [-0.15, -0.1) is 21.5 Å². The monoisotopic (exact) mass is 584 g/mol. The number of carbonyl (C=O) groups excluding carboxylic acids is 2. The minimum atomic E-state index is -1.03. The van der Waals surface area contributed by atoms with E-state index in [-0.39, 0.29) is 18.3 Å². The Morgan fingerprint density at radius 1 is 1.20 bits per heavy atom. The van der Waals surface area contributed by atoms with Crippen molar-refractivity contribution < 1.29 is 23.1 Å². The Balaban J connectivity index is 1.72. The van der Waals surface area contributed by atoms with Crippen molar-refractivity contribution in [2.24, 2.45) is 0 Å². The number of aromatic nitrogens is 3. The highest BCUT2D eigenvalue weighted by Crippen LogP contribution is 2.42. The molecule has 2 heterocycles. The van der Waals surface area contributed by atoms with Crippen LogP contribution in [0, 0.1) is 11.6 Å². The van der Waals surface area contributed by atoms with Crippen molar-refractivity contribution in [3.63, 3.8) is 0 Å². The third-order valence-electron chi connectivity index (χ3n) is 5.49. The zero-order valence-corrected chi connectivity index (χ0v) is 22.5. The van der Waals surface area contributed by atoms with Gasteiger partial charge in [0.05, 0.1) is 11.5 Å². The predicted molar refractivity (Wildman–Crippen MR) is 134 cm³/mol. The number of thiophene rings is 1. The van der Waals surface area contributed by atoms with Crippen LogP contribution in [0.5, 0.6) is 0 Å². The zero-order valence-electron chi connectivity index (χ0n) is 19.3. The highest BCUT2D eigenvalue weighted by atomic mass is 79.9. The molecule has 0 spiro atoms. The van der Waals surface area contributed by atoms with E-state index in [1.165, 1.54) is 29.2 Å².